The van der Waals surface area contributed by atoms with Crippen LogP contribution in [0.2, 0.25) is 0 Å². The van der Waals surface area contributed by atoms with Crippen LogP contribution in [0.4, 0.5) is 5.69 Å². The van der Waals surface area contributed by atoms with Gasteiger partial charge in [-0.1, -0.05) is 12.1 Å². The first-order chi connectivity index (χ1) is 10.00. The van der Waals surface area contributed by atoms with Crippen LogP contribution in [-0.2, 0) is 16.4 Å². The second-order valence-corrected chi connectivity index (χ2v) is 7.10. The number of hydrogen-bond acceptors (Lipinski definition) is 4. The number of aromatic nitrogens is 2. The van der Waals surface area contributed by atoms with E-state index in [1.54, 1.807) is 0 Å². The molecule has 0 amide bonds. The topological polar surface area (TPSA) is 92.1 Å². The van der Waals surface area contributed by atoms with Gasteiger partial charge in [-0.2, -0.15) is 8.42 Å². The first kappa shape index (κ1) is 14.1. The molecule has 1 aliphatic rings. The highest BCUT2D eigenvalue weighted by Gasteiger charge is 2.30. The number of H-pyrrole nitrogens is 1. The van der Waals surface area contributed by atoms with E-state index in [0.717, 1.165) is 29.7 Å². The van der Waals surface area contributed by atoms with Crippen molar-refractivity contribution in [1.29, 1.82) is 0 Å². The van der Waals surface area contributed by atoms with Gasteiger partial charge in [0.05, 0.1) is 18.2 Å². The molecule has 2 heterocycles. The number of fused-ring (bicyclic) bond motifs is 1. The smallest absolute Gasteiger partial charge is 0.281 e. The van der Waals surface area contributed by atoms with Crippen molar-refractivity contribution in [2.24, 2.45) is 5.73 Å². The molecule has 0 saturated carbocycles. The van der Waals surface area contributed by atoms with Crippen LogP contribution in [0.3, 0.4) is 0 Å². The van der Waals surface area contributed by atoms with E-state index in [2.05, 4.69) is 9.97 Å². The second-order valence-electron chi connectivity index (χ2n) is 5.27. The number of anilines is 1. The van der Waals surface area contributed by atoms with Gasteiger partial charge in [-0.3, -0.25) is 4.31 Å². The third-order valence-electron chi connectivity index (χ3n) is 3.75. The summed E-state index contributed by atoms with van der Waals surface area (Å²) in [7, 11) is -3.58. The fourth-order valence-electron chi connectivity index (χ4n) is 2.62. The van der Waals surface area contributed by atoms with Gasteiger partial charge in [0.25, 0.3) is 10.0 Å². The van der Waals surface area contributed by atoms with Crippen molar-refractivity contribution < 1.29 is 8.42 Å². The lowest BCUT2D eigenvalue weighted by atomic mass is 9.98. The molecule has 1 atom stereocenters. The van der Waals surface area contributed by atoms with Crippen molar-refractivity contribution in [3.8, 4) is 0 Å². The molecule has 0 spiro atoms. The summed E-state index contributed by atoms with van der Waals surface area (Å²) in [4.78, 5) is 6.47. The third kappa shape index (κ3) is 2.43. The van der Waals surface area contributed by atoms with E-state index >= 15 is 0 Å². The maximum Gasteiger partial charge on any atom is 0.281 e. The molecule has 7 heteroatoms. The Balaban J connectivity index is 2.05. The van der Waals surface area contributed by atoms with Crippen molar-refractivity contribution in [3.63, 3.8) is 0 Å². The fourth-order valence-corrected chi connectivity index (χ4v) is 4.06. The SMILES string of the molecule is CC(N)c1ccc2c(c1)CCCN2S(=O)(=O)c1cnc[nH]1. The Labute approximate surface area is 124 Å². The van der Waals surface area contributed by atoms with Gasteiger partial charge in [0.2, 0.25) is 0 Å². The van der Waals surface area contributed by atoms with Crippen LogP contribution < -0.4 is 10.0 Å². The van der Waals surface area contributed by atoms with E-state index in [-0.39, 0.29) is 11.1 Å². The molecular formula is C14H18N4O2S. The molecule has 21 heavy (non-hydrogen) atoms. The minimum Gasteiger partial charge on any atom is -0.334 e. The highest BCUT2D eigenvalue weighted by molar-refractivity contribution is 7.92. The number of imidazole rings is 1. The molecule has 2 aromatic rings. The number of benzene rings is 1. The molecular weight excluding hydrogens is 288 g/mol. The van der Waals surface area contributed by atoms with Crippen LogP contribution in [0.25, 0.3) is 0 Å². The van der Waals surface area contributed by atoms with E-state index in [4.69, 9.17) is 5.73 Å². The first-order valence-electron chi connectivity index (χ1n) is 6.89. The molecule has 6 nitrogen and oxygen atoms in total. The van der Waals surface area contributed by atoms with E-state index < -0.39 is 10.0 Å². The van der Waals surface area contributed by atoms with Crippen LogP contribution in [0.5, 0.6) is 0 Å². The number of hydrogen-bond donors (Lipinski definition) is 2. The fraction of sp³-hybridized carbons (Fsp3) is 0.357. The molecule has 0 saturated heterocycles. The zero-order chi connectivity index (χ0) is 15.0. The van der Waals surface area contributed by atoms with Gasteiger partial charge in [0, 0.05) is 12.6 Å². The molecule has 0 aliphatic carbocycles. The van der Waals surface area contributed by atoms with E-state index in [9.17, 15) is 8.42 Å². The summed E-state index contributed by atoms with van der Waals surface area (Å²) in [6, 6.07) is 5.69. The Morgan fingerprint density at radius 1 is 1.43 bits per heavy atom. The average Bonchev–Trinajstić information content (AvgIpc) is 3.00. The molecule has 0 bridgehead atoms. The van der Waals surface area contributed by atoms with Crippen LogP contribution >= 0.6 is 0 Å². The van der Waals surface area contributed by atoms with Crippen molar-refractivity contribution in [2.45, 2.75) is 30.8 Å². The predicted octanol–water partition coefficient (Wildman–Crippen LogP) is 1.57. The largest absolute Gasteiger partial charge is 0.334 e. The van der Waals surface area contributed by atoms with Gasteiger partial charge >= 0.3 is 0 Å². The number of aryl methyl sites for hydroxylation is 1. The third-order valence-corrected chi connectivity index (χ3v) is 5.49. The van der Waals surface area contributed by atoms with Crippen LogP contribution in [-0.4, -0.2) is 24.9 Å². The summed E-state index contributed by atoms with van der Waals surface area (Å²) >= 11 is 0. The lowest BCUT2D eigenvalue weighted by Crippen LogP contribution is -2.35. The van der Waals surface area contributed by atoms with Crippen molar-refractivity contribution in [3.05, 3.63) is 41.9 Å². The molecule has 0 fully saturated rings. The summed E-state index contributed by atoms with van der Waals surface area (Å²) in [6.07, 6.45) is 4.37. The Morgan fingerprint density at radius 3 is 2.90 bits per heavy atom. The summed E-state index contributed by atoms with van der Waals surface area (Å²) in [6.45, 7) is 2.40. The highest BCUT2D eigenvalue weighted by atomic mass is 32.2. The molecule has 1 aromatic heterocycles. The Bertz CT molecular complexity index is 738. The number of aromatic amines is 1. The van der Waals surface area contributed by atoms with Gasteiger partial charge in [0.15, 0.2) is 5.03 Å². The van der Waals surface area contributed by atoms with Crippen LogP contribution in [0.15, 0.2) is 35.7 Å². The van der Waals surface area contributed by atoms with E-state index in [1.165, 1.54) is 16.8 Å². The summed E-state index contributed by atoms with van der Waals surface area (Å²) in [5.74, 6) is 0. The van der Waals surface area contributed by atoms with Crippen molar-refractivity contribution in [2.75, 3.05) is 10.8 Å². The molecule has 1 aliphatic heterocycles. The first-order valence-corrected chi connectivity index (χ1v) is 8.33. The number of nitrogens with two attached hydrogens (primary N) is 1. The Hall–Kier alpha value is -1.86. The van der Waals surface area contributed by atoms with Crippen LogP contribution in [0.1, 0.15) is 30.5 Å². The number of rotatable bonds is 3. The lowest BCUT2D eigenvalue weighted by molar-refractivity contribution is 0.583. The van der Waals surface area contributed by atoms with Crippen molar-refractivity contribution >= 4 is 15.7 Å². The number of nitrogens with one attached hydrogen (secondary N) is 1. The maximum absolute atomic E-state index is 12.7. The summed E-state index contributed by atoms with van der Waals surface area (Å²) in [5.41, 5.74) is 8.69. The van der Waals surface area contributed by atoms with Crippen molar-refractivity contribution in [1.82, 2.24) is 9.97 Å². The van der Waals surface area contributed by atoms with Gasteiger partial charge in [-0.05, 0) is 37.0 Å². The zero-order valence-corrected chi connectivity index (χ0v) is 12.6. The normalized spacial score (nSPS) is 16.6. The highest BCUT2D eigenvalue weighted by Crippen LogP contribution is 2.32. The van der Waals surface area contributed by atoms with E-state index in [0.29, 0.717) is 6.54 Å². The maximum atomic E-state index is 12.7. The molecule has 3 rings (SSSR count). The quantitative estimate of drug-likeness (QED) is 0.900. The molecule has 1 unspecified atom stereocenters. The average molecular weight is 306 g/mol. The van der Waals surface area contributed by atoms with Gasteiger partial charge < -0.3 is 10.7 Å². The molecule has 0 radical (unpaired) electrons. The standard InChI is InChI=1S/C14H18N4O2S/c1-10(15)11-4-5-13-12(7-11)3-2-6-18(13)21(19,20)14-8-16-9-17-14/h4-5,7-10H,2-3,6,15H2,1H3,(H,16,17). The minimum absolute atomic E-state index is 0.0603. The minimum atomic E-state index is -3.58. The molecule has 3 N–H and O–H groups in total. The predicted molar refractivity (Wildman–Crippen MR) is 80.5 cm³/mol. The lowest BCUT2D eigenvalue weighted by Gasteiger charge is -2.30. The van der Waals surface area contributed by atoms with Gasteiger partial charge in [-0.25, -0.2) is 4.98 Å². The number of nitrogens with zero attached hydrogens (tertiary/aromatic N) is 2. The second kappa shape index (κ2) is 5.16. The Kier molecular flexibility index (Phi) is 3.46. The monoisotopic (exact) mass is 306 g/mol. The summed E-state index contributed by atoms with van der Waals surface area (Å²) in [5, 5.41) is 0.117. The van der Waals surface area contributed by atoms with Gasteiger partial charge in [0.1, 0.15) is 0 Å². The number of sulfonamides is 1. The molecule has 1 aromatic carbocycles. The molecule has 112 valence electrons. The van der Waals surface area contributed by atoms with Gasteiger partial charge in [-0.15, -0.1) is 0 Å². The van der Waals surface area contributed by atoms with Crippen LogP contribution in [0, 0.1) is 0 Å². The van der Waals surface area contributed by atoms with E-state index in [1.807, 2.05) is 25.1 Å². The Morgan fingerprint density at radius 2 is 2.24 bits per heavy atom. The summed E-state index contributed by atoms with van der Waals surface area (Å²) < 4.78 is 26.8. The zero-order valence-electron chi connectivity index (χ0n) is 11.8.